The number of carbonyl (C=O) groups is 2. The molecule has 0 bridgehead atoms. The molecule has 0 unspecified atom stereocenters. The highest BCUT2D eigenvalue weighted by Crippen LogP contribution is 2.32. The van der Waals surface area contributed by atoms with Crippen LogP contribution in [0.3, 0.4) is 0 Å². The number of methoxy groups -OCH3 is 1. The van der Waals surface area contributed by atoms with Gasteiger partial charge in [-0.2, -0.15) is 4.80 Å². The van der Waals surface area contributed by atoms with Gasteiger partial charge in [-0.25, -0.2) is 4.39 Å². The van der Waals surface area contributed by atoms with E-state index in [-0.39, 0.29) is 24.1 Å². The molecule has 0 radical (unpaired) electrons. The number of amides is 2. The molecule has 9 nitrogen and oxygen atoms in total. The van der Waals surface area contributed by atoms with Crippen LogP contribution in [0.15, 0.2) is 72.8 Å². The van der Waals surface area contributed by atoms with Gasteiger partial charge in [0, 0.05) is 12.1 Å². The molecule has 1 atom stereocenters. The van der Waals surface area contributed by atoms with Crippen molar-refractivity contribution in [2.24, 2.45) is 0 Å². The highest BCUT2D eigenvalue weighted by molar-refractivity contribution is 6.01. The van der Waals surface area contributed by atoms with E-state index < -0.39 is 11.9 Å². The summed E-state index contributed by atoms with van der Waals surface area (Å²) in [5.41, 5.74) is 2.88. The Bertz CT molecular complexity index is 1390. The summed E-state index contributed by atoms with van der Waals surface area (Å²) in [5.74, 6) is -0.386. The van der Waals surface area contributed by atoms with E-state index in [0.717, 1.165) is 15.9 Å². The monoisotopic (exact) mass is 516 g/mol. The summed E-state index contributed by atoms with van der Waals surface area (Å²) in [4.78, 5) is 29.8. The third-order valence-corrected chi connectivity index (χ3v) is 6.01. The molecular weight excluding hydrogens is 487 g/mol. The smallest absolute Gasteiger partial charge is 0.251 e. The molecule has 0 aliphatic heterocycles. The number of ether oxygens (including phenoxy) is 1. The molecule has 4 rings (SSSR count). The van der Waals surface area contributed by atoms with Crippen LogP contribution < -0.4 is 15.0 Å². The molecule has 196 valence electrons. The molecule has 0 aliphatic rings. The Morgan fingerprint density at radius 2 is 1.82 bits per heavy atom. The SMILES string of the molecule is CC[C@@H](C(=O)NCc1ccccc1)N(C(=O)Cn1nnc(-c2ccc(F)cc2)n1)c1cc(C)ccc1OC. The average molecular weight is 517 g/mol. The number of rotatable bonds is 10. The van der Waals surface area contributed by atoms with Crippen LogP contribution in [0.5, 0.6) is 5.75 Å². The number of hydrogen-bond acceptors (Lipinski definition) is 6. The van der Waals surface area contributed by atoms with Crippen LogP contribution in [-0.4, -0.2) is 45.2 Å². The number of carbonyl (C=O) groups excluding carboxylic acids is 2. The molecule has 10 heteroatoms. The van der Waals surface area contributed by atoms with Gasteiger partial charge in [0.1, 0.15) is 24.2 Å². The zero-order valence-electron chi connectivity index (χ0n) is 21.5. The Labute approximate surface area is 220 Å². The first-order valence-electron chi connectivity index (χ1n) is 12.2. The Balaban J connectivity index is 1.62. The minimum absolute atomic E-state index is 0.255. The molecule has 0 aliphatic carbocycles. The molecule has 0 saturated carbocycles. The molecule has 38 heavy (non-hydrogen) atoms. The highest BCUT2D eigenvalue weighted by atomic mass is 19.1. The predicted molar refractivity (Wildman–Crippen MR) is 141 cm³/mol. The lowest BCUT2D eigenvalue weighted by Crippen LogP contribution is -2.50. The lowest BCUT2D eigenvalue weighted by atomic mass is 10.1. The first-order chi connectivity index (χ1) is 18.4. The van der Waals surface area contributed by atoms with E-state index in [4.69, 9.17) is 4.74 Å². The fourth-order valence-electron chi connectivity index (χ4n) is 4.07. The third-order valence-electron chi connectivity index (χ3n) is 6.01. The van der Waals surface area contributed by atoms with E-state index in [1.807, 2.05) is 56.3 Å². The Hall–Kier alpha value is -4.60. The highest BCUT2D eigenvalue weighted by Gasteiger charge is 2.32. The van der Waals surface area contributed by atoms with Gasteiger partial charge in [-0.05, 0) is 66.1 Å². The minimum Gasteiger partial charge on any atom is -0.495 e. The van der Waals surface area contributed by atoms with Crippen LogP contribution in [-0.2, 0) is 22.7 Å². The molecule has 0 fully saturated rings. The van der Waals surface area contributed by atoms with Crippen LogP contribution in [0.1, 0.15) is 24.5 Å². The van der Waals surface area contributed by atoms with Crippen molar-refractivity contribution < 1.29 is 18.7 Å². The molecule has 1 aromatic heterocycles. The number of nitrogens with one attached hydrogen (secondary N) is 1. The van der Waals surface area contributed by atoms with Crippen molar-refractivity contribution in [3.63, 3.8) is 0 Å². The van der Waals surface area contributed by atoms with E-state index in [9.17, 15) is 14.0 Å². The summed E-state index contributed by atoms with van der Waals surface area (Å²) in [6.45, 7) is 3.80. The van der Waals surface area contributed by atoms with E-state index in [0.29, 0.717) is 30.0 Å². The number of aryl methyl sites for hydroxylation is 1. The number of tetrazole rings is 1. The molecular formula is C28H29FN6O3. The zero-order chi connectivity index (χ0) is 27.1. The second kappa shape index (κ2) is 12.1. The maximum Gasteiger partial charge on any atom is 0.251 e. The lowest BCUT2D eigenvalue weighted by Gasteiger charge is -2.31. The van der Waals surface area contributed by atoms with Crippen molar-refractivity contribution in [1.29, 1.82) is 0 Å². The van der Waals surface area contributed by atoms with Crippen molar-refractivity contribution in [3.05, 3.63) is 89.7 Å². The Morgan fingerprint density at radius 3 is 2.50 bits per heavy atom. The largest absolute Gasteiger partial charge is 0.495 e. The molecule has 1 N–H and O–H groups in total. The van der Waals surface area contributed by atoms with Crippen molar-refractivity contribution in [3.8, 4) is 17.1 Å². The van der Waals surface area contributed by atoms with Gasteiger partial charge in [-0.15, -0.1) is 10.2 Å². The van der Waals surface area contributed by atoms with Gasteiger partial charge in [0.05, 0.1) is 12.8 Å². The van der Waals surface area contributed by atoms with Gasteiger partial charge < -0.3 is 10.1 Å². The van der Waals surface area contributed by atoms with Gasteiger partial charge in [0.25, 0.3) is 5.91 Å². The van der Waals surface area contributed by atoms with Gasteiger partial charge in [0.15, 0.2) is 0 Å². The number of nitrogens with zero attached hydrogens (tertiary/aromatic N) is 5. The van der Waals surface area contributed by atoms with Crippen LogP contribution >= 0.6 is 0 Å². The topological polar surface area (TPSA) is 102 Å². The Morgan fingerprint density at radius 1 is 1.08 bits per heavy atom. The summed E-state index contributed by atoms with van der Waals surface area (Å²) in [6, 6.07) is 19.8. The van der Waals surface area contributed by atoms with E-state index in [1.165, 1.54) is 36.3 Å². The first kappa shape index (κ1) is 26.5. The van der Waals surface area contributed by atoms with Gasteiger partial charge in [-0.3, -0.25) is 14.5 Å². The quantitative estimate of drug-likeness (QED) is 0.343. The molecule has 0 saturated heterocycles. The number of halogens is 1. The number of benzene rings is 3. The second-order valence-corrected chi connectivity index (χ2v) is 8.72. The lowest BCUT2D eigenvalue weighted by molar-refractivity contribution is -0.127. The van der Waals surface area contributed by atoms with E-state index in [1.54, 1.807) is 6.07 Å². The number of aromatic nitrogens is 4. The zero-order valence-corrected chi connectivity index (χ0v) is 21.5. The van der Waals surface area contributed by atoms with Gasteiger partial charge >= 0.3 is 0 Å². The van der Waals surface area contributed by atoms with Crippen LogP contribution in [0, 0.1) is 12.7 Å². The number of hydrogen-bond donors (Lipinski definition) is 1. The maximum atomic E-state index is 13.8. The standard InChI is InChI=1S/C28H29FN6O3/c1-4-23(28(37)30-17-20-8-6-5-7-9-20)35(24-16-19(2)10-15-25(24)38-3)26(36)18-34-32-27(31-33-34)21-11-13-22(29)14-12-21/h5-16,23H,4,17-18H2,1-3H3,(H,30,37)/t23-/m0/s1. The maximum absolute atomic E-state index is 13.8. The predicted octanol–water partition coefficient (Wildman–Crippen LogP) is 3.92. The summed E-state index contributed by atoms with van der Waals surface area (Å²) >= 11 is 0. The van der Waals surface area contributed by atoms with Crippen LogP contribution in [0.2, 0.25) is 0 Å². The van der Waals surface area contributed by atoms with Gasteiger partial charge in [-0.1, -0.05) is 43.3 Å². The fourth-order valence-corrected chi connectivity index (χ4v) is 4.07. The van der Waals surface area contributed by atoms with Crippen LogP contribution in [0.4, 0.5) is 10.1 Å². The average Bonchev–Trinajstić information content (AvgIpc) is 3.39. The second-order valence-electron chi connectivity index (χ2n) is 8.72. The fraction of sp³-hybridized carbons (Fsp3) is 0.250. The molecule has 0 spiro atoms. The Kier molecular flexibility index (Phi) is 8.42. The van der Waals surface area contributed by atoms with Crippen molar-refractivity contribution in [1.82, 2.24) is 25.5 Å². The molecule has 2 amide bonds. The summed E-state index contributed by atoms with van der Waals surface area (Å²) in [5, 5.41) is 15.2. The summed E-state index contributed by atoms with van der Waals surface area (Å²) in [6.07, 6.45) is 0.356. The molecule has 4 aromatic rings. The van der Waals surface area contributed by atoms with Crippen molar-refractivity contribution >= 4 is 17.5 Å². The normalized spacial score (nSPS) is 11.6. The van der Waals surface area contributed by atoms with Crippen LogP contribution in [0.25, 0.3) is 11.4 Å². The summed E-state index contributed by atoms with van der Waals surface area (Å²) < 4.78 is 18.8. The van der Waals surface area contributed by atoms with E-state index in [2.05, 4.69) is 20.7 Å². The van der Waals surface area contributed by atoms with Gasteiger partial charge in [0.2, 0.25) is 11.7 Å². The number of anilines is 1. The third kappa shape index (κ3) is 6.20. The van der Waals surface area contributed by atoms with E-state index >= 15 is 0 Å². The minimum atomic E-state index is -0.818. The summed E-state index contributed by atoms with van der Waals surface area (Å²) in [7, 11) is 1.52. The molecule has 1 heterocycles. The molecule has 3 aromatic carbocycles. The van der Waals surface area contributed by atoms with Crippen molar-refractivity contribution in [2.45, 2.75) is 39.4 Å². The van der Waals surface area contributed by atoms with Crippen molar-refractivity contribution in [2.75, 3.05) is 12.0 Å². The first-order valence-corrected chi connectivity index (χ1v) is 12.2.